The molecule has 0 aliphatic heterocycles. The first kappa shape index (κ1) is 13.4. The number of esters is 1. The molecule has 0 aromatic carbocycles. The number of hydrogen-bond acceptors (Lipinski definition) is 3. The summed E-state index contributed by atoms with van der Waals surface area (Å²) in [6, 6.07) is 3.62. The fourth-order valence-electron chi connectivity index (χ4n) is 0.965. The van der Waals surface area contributed by atoms with E-state index in [1.54, 1.807) is 31.4 Å². The third-order valence-electron chi connectivity index (χ3n) is 1.67. The molecule has 90 valence electrons. The van der Waals surface area contributed by atoms with Gasteiger partial charge >= 0.3 is 5.97 Å². The van der Waals surface area contributed by atoms with Gasteiger partial charge in [-0.05, 0) is 49.1 Å². The highest BCUT2D eigenvalue weighted by Crippen LogP contribution is 2.00. The summed E-state index contributed by atoms with van der Waals surface area (Å²) in [6.07, 6.45) is 7.64. The normalized spacial score (nSPS) is 9.61. The van der Waals surface area contributed by atoms with Gasteiger partial charge in [0, 0.05) is 6.08 Å². The molecule has 3 nitrogen and oxygen atoms in total. The van der Waals surface area contributed by atoms with Gasteiger partial charge in [0.15, 0.2) is 0 Å². The lowest BCUT2D eigenvalue weighted by Crippen LogP contribution is -1.98. The van der Waals surface area contributed by atoms with Crippen molar-refractivity contribution >= 4 is 12.0 Å². The number of allylic oxidation sites excluding steroid dienone is 2. The molecule has 0 aliphatic carbocycles. The van der Waals surface area contributed by atoms with Crippen molar-refractivity contribution < 1.29 is 13.9 Å². The van der Waals surface area contributed by atoms with Gasteiger partial charge in [-0.15, -0.1) is 0 Å². The Morgan fingerprint density at radius 1 is 1.39 bits per heavy atom. The summed E-state index contributed by atoms with van der Waals surface area (Å²) in [7, 11) is 0. The largest absolute Gasteiger partial charge is 0.465 e. The van der Waals surface area contributed by atoms with Crippen molar-refractivity contribution in [1.29, 1.82) is 0 Å². The lowest BCUT2D eigenvalue weighted by molar-refractivity contribution is -0.137. The van der Waals surface area contributed by atoms with Crippen LogP contribution in [0.3, 0.4) is 0 Å². The molecule has 18 heavy (non-hydrogen) atoms. The van der Waals surface area contributed by atoms with E-state index in [4.69, 9.17) is 4.42 Å². The quantitative estimate of drug-likeness (QED) is 0.462. The van der Waals surface area contributed by atoms with Crippen LogP contribution < -0.4 is 0 Å². The van der Waals surface area contributed by atoms with Crippen LogP contribution in [-0.4, -0.2) is 12.6 Å². The molecule has 1 heterocycles. The van der Waals surface area contributed by atoms with Gasteiger partial charge < -0.3 is 9.15 Å². The van der Waals surface area contributed by atoms with E-state index in [-0.39, 0.29) is 0 Å². The third kappa shape index (κ3) is 6.05. The highest BCUT2D eigenvalue weighted by atomic mass is 16.5. The van der Waals surface area contributed by atoms with E-state index < -0.39 is 5.97 Å². The number of hydrogen-bond donors (Lipinski definition) is 0. The van der Waals surface area contributed by atoms with Crippen molar-refractivity contribution in [2.45, 2.75) is 6.92 Å². The molecule has 0 N–H and O–H groups in total. The van der Waals surface area contributed by atoms with Crippen LogP contribution in [0.4, 0.5) is 0 Å². The predicted octanol–water partition coefficient (Wildman–Crippen LogP) is 2.42. The molecular weight excluding hydrogens is 228 g/mol. The zero-order valence-corrected chi connectivity index (χ0v) is 9.97. The van der Waals surface area contributed by atoms with Gasteiger partial charge in [0.05, 0.1) is 12.9 Å². The summed E-state index contributed by atoms with van der Waals surface area (Å²) in [5, 5.41) is 0. The molecule has 0 spiro atoms. The van der Waals surface area contributed by atoms with Crippen LogP contribution in [0, 0.1) is 23.7 Å². The minimum atomic E-state index is -0.405. The average molecular weight is 240 g/mol. The average Bonchev–Trinajstić information content (AvgIpc) is 2.86. The standard InChI is InChI=1S/C15H12O3/c1-2-17-15(16)12-8-6-4-3-5-7-10-14-11-9-13-18-14/h7-13H,2H2,1H3/b10-7+,12-8+. The van der Waals surface area contributed by atoms with Crippen LogP contribution in [0.1, 0.15) is 12.7 Å². The van der Waals surface area contributed by atoms with E-state index >= 15 is 0 Å². The summed E-state index contributed by atoms with van der Waals surface area (Å²) in [5.41, 5.74) is 0. The second-order valence-electron chi connectivity index (χ2n) is 2.97. The fourth-order valence-corrected chi connectivity index (χ4v) is 0.965. The summed E-state index contributed by atoms with van der Waals surface area (Å²) in [6.45, 7) is 2.10. The monoisotopic (exact) mass is 240 g/mol. The van der Waals surface area contributed by atoms with Gasteiger partial charge in [-0.2, -0.15) is 0 Å². The summed E-state index contributed by atoms with van der Waals surface area (Å²) in [5.74, 6) is 10.8. The molecule has 0 saturated heterocycles. The van der Waals surface area contributed by atoms with Crippen LogP contribution in [0.2, 0.25) is 0 Å². The summed E-state index contributed by atoms with van der Waals surface area (Å²) >= 11 is 0. The van der Waals surface area contributed by atoms with Crippen molar-refractivity contribution in [3.63, 3.8) is 0 Å². The Bertz CT molecular complexity index is 540. The first-order valence-corrected chi connectivity index (χ1v) is 5.37. The molecule has 0 radical (unpaired) electrons. The third-order valence-corrected chi connectivity index (χ3v) is 1.67. The SMILES string of the molecule is CCOC(=O)/C=C/C#CC#C/C=C/c1ccco1. The molecule has 1 aromatic rings. The first-order valence-electron chi connectivity index (χ1n) is 5.37. The van der Waals surface area contributed by atoms with Gasteiger partial charge in [-0.25, -0.2) is 4.79 Å². The van der Waals surface area contributed by atoms with E-state index in [1.807, 2.05) is 6.07 Å². The molecule has 0 amide bonds. The Labute approximate surface area is 106 Å². The van der Waals surface area contributed by atoms with Gasteiger partial charge in [0.25, 0.3) is 0 Å². The van der Waals surface area contributed by atoms with Crippen molar-refractivity contribution in [2.75, 3.05) is 6.61 Å². The van der Waals surface area contributed by atoms with E-state index in [0.29, 0.717) is 6.61 Å². The fraction of sp³-hybridized carbons (Fsp3) is 0.133. The maximum atomic E-state index is 10.9. The molecule has 0 bridgehead atoms. The highest BCUT2D eigenvalue weighted by Gasteiger charge is 1.89. The number of furan rings is 1. The zero-order valence-electron chi connectivity index (χ0n) is 9.97. The lowest BCUT2D eigenvalue weighted by atomic mass is 10.4. The molecule has 0 unspecified atom stereocenters. The lowest BCUT2D eigenvalue weighted by Gasteiger charge is -1.91. The van der Waals surface area contributed by atoms with Crippen molar-refractivity contribution in [1.82, 2.24) is 0 Å². The maximum Gasteiger partial charge on any atom is 0.331 e. The Hall–Kier alpha value is -2.65. The minimum Gasteiger partial charge on any atom is -0.465 e. The number of ether oxygens (including phenoxy) is 1. The molecular formula is C15H12O3. The number of carbonyl (C=O) groups is 1. The molecule has 0 aliphatic rings. The Morgan fingerprint density at radius 3 is 2.83 bits per heavy atom. The topological polar surface area (TPSA) is 39.4 Å². The van der Waals surface area contributed by atoms with E-state index in [1.165, 1.54) is 12.2 Å². The van der Waals surface area contributed by atoms with Gasteiger partial charge in [0.2, 0.25) is 0 Å². The Kier molecular flexibility index (Phi) is 6.33. The van der Waals surface area contributed by atoms with Crippen molar-refractivity contribution in [2.24, 2.45) is 0 Å². The van der Waals surface area contributed by atoms with E-state index in [0.717, 1.165) is 5.76 Å². The van der Waals surface area contributed by atoms with Crippen molar-refractivity contribution in [3.05, 3.63) is 42.4 Å². The van der Waals surface area contributed by atoms with E-state index in [2.05, 4.69) is 28.4 Å². The van der Waals surface area contributed by atoms with Crippen LogP contribution in [0.25, 0.3) is 6.08 Å². The second-order valence-corrected chi connectivity index (χ2v) is 2.97. The summed E-state index contributed by atoms with van der Waals surface area (Å²) in [4.78, 5) is 10.9. The van der Waals surface area contributed by atoms with Gasteiger partial charge in [0.1, 0.15) is 5.76 Å². The predicted molar refractivity (Wildman–Crippen MR) is 69.1 cm³/mol. The zero-order chi connectivity index (χ0) is 13.1. The van der Waals surface area contributed by atoms with Crippen LogP contribution in [0.5, 0.6) is 0 Å². The minimum absolute atomic E-state index is 0.355. The second kappa shape index (κ2) is 8.50. The maximum absolute atomic E-state index is 10.9. The van der Waals surface area contributed by atoms with Crippen LogP contribution >= 0.6 is 0 Å². The summed E-state index contributed by atoms with van der Waals surface area (Å²) < 4.78 is 9.75. The van der Waals surface area contributed by atoms with Crippen LogP contribution in [-0.2, 0) is 9.53 Å². The van der Waals surface area contributed by atoms with Crippen molar-refractivity contribution in [3.8, 4) is 23.7 Å². The van der Waals surface area contributed by atoms with Gasteiger partial charge in [-0.3, -0.25) is 0 Å². The van der Waals surface area contributed by atoms with Gasteiger partial charge in [-0.1, -0.05) is 11.8 Å². The number of rotatable bonds is 3. The highest BCUT2D eigenvalue weighted by molar-refractivity contribution is 5.82. The molecule has 0 atom stereocenters. The molecule has 0 saturated carbocycles. The first-order chi connectivity index (χ1) is 8.83. The molecule has 1 rings (SSSR count). The molecule has 3 heteroatoms. The van der Waals surface area contributed by atoms with Crippen LogP contribution in [0.15, 0.2) is 41.0 Å². The molecule has 1 aromatic heterocycles. The Balaban J connectivity index is 2.36. The molecule has 0 fully saturated rings. The van der Waals surface area contributed by atoms with E-state index in [9.17, 15) is 4.79 Å². The smallest absolute Gasteiger partial charge is 0.331 e. The Morgan fingerprint density at radius 2 is 2.17 bits per heavy atom. The number of carbonyl (C=O) groups excluding carboxylic acids is 1.